The number of halogens is 2. The molecule has 1 unspecified atom stereocenters. The van der Waals surface area contributed by atoms with Crippen molar-refractivity contribution >= 4 is 11.6 Å². The third-order valence-corrected chi connectivity index (χ3v) is 2.79. The van der Waals surface area contributed by atoms with Gasteiger partial charge in [0.1, 0.15) is 17.3 Å². The largest absolute Gasteiger partial charge is 0.457 e. The van der Waals surface area contributed by atoms with Gasteiger partial charge in [-0.2, -0.15) is 0 Å². The summed E-state index contributed by atoms with van der Waals surface area (Å²) >= 11 is 5.59. The van der Waals surface area contributed by atoms with Crippen LogP contribution in [0, 0.1) is 5.82 Å². The van der Waals surface area contributed by atoms with Gasteiger partial charge in [0, 0.05) is 11.6 Å². The first-order valence-corrected chi connectivity index (χ1v) is 5.85. The van der Waals surface area contributed by atoms with Crippen LogP contribution in [0.2, 0.25) is 5.02 Å². The number of hydrogen-bond donors (Lipinski definition) is 1. The van der Waals surface area contributed by atoms with Crippen molar-refractivity contribution in [1.29, 1.82) is 0 Å². The molecule has 0 saturated heterocycles. The minimum absolute atomic E-state index is 0.0474. The third-order valence-electron chi connectivity index (χ3n) is 2.49. The topological polar surface area (TPSA) is 29.5 Å². The molecule has 0 aliphatic rings. The van der Waals surface area contributed by atoms with E-state index in [0.717, 1.165) is 0 Å². The molecular weight excluding hydrogens is 255 g/mol. The summed E-state index contributed by atoms with van der Waals surface area (Å²) in [6.07, 6.45) is -0.654. The van der Waals surface area contributed by atoms with Gasteiger partial charge in [-0.25, -0.2) is 4.39 Å². The van der Waals surface area contributed by atoms with Gasteiger partial charge in [-0.1, -0.05) is 29.8 Å². The number of para-hydroxylation sites is 1. The van der Waals surface area contributed by atoms with Crippen LogP contribution in [0.5, 0.6) is 11.5 Å². The van der Waals surface area contributed by atoms with E-state index in [2.05, 4.69) is 0 Å². The average Bonchev–Trinajstić information content (AvgIpc) is 2.34. The minimum Gasteiger partial charge on any atom is -0.457 e. The van der Waals surface area contributed by atoms with Crippen molar-refractivity contribution in [3.8, 4) is 11.5 Å². The monoisotopic (exact) mass is 266 g/mol. The van der Waals surface area contributed by atoms with Crippen LogP contribution in [0.15, 0.2) is 42.5 Å². The molecule has 2 aromatic carbocycles. The summed E-state index contributed by atoms with van der Waals surface area (Å²) in [6, 6.07) is 11.3. The van der Waals surface area contributed by atoms with Crippen LogP contribution in [0.4, 0.5) is 4.39 Å². The SMILES string of the molecule is CC(O)c1ccccc1Oc1ccc(Cl)c(F)c1. The van der Waals surface area contributed by atoms with Crippen molar-refractivity contribution in [3.05, 3.63) is 58.9 Å². The Morgan fingerprint density at radius 3 is 2.61 bits per heavy atom. The summed E-state index contributed by atoms with van der Waals surface area (Å²) in [4.78, 5) is 0. The Morgan fingerprint density at radius 1 is 1.22 bits per heavy atom. The first-order chi connectivity index (χ1) is 8.58. The van der Waals surface area contributed by atoms with Gasteiger partial charge >= 0.3 is 0 Å². The molecule has 0 heterocycles. The fraction of sp³-hybridized carbons (Fsp3) is 0.143. The molecule has 2 rings (SSSR count). The summed E-state index contributed by atoms with van der Waals surface area (Å²) in [5, 5.41) is 9.65. The first kappa shape index (κ1) is 12.9. The lowest BCUT2D eigenvalue weighted by Crippen LogP contribution is -1.96. The van der Waals surface area contributed by atoms with Gasteiger partial charge in [0.2, 0.25) is 0 Å². The molecule has 2 nitrogen and oxygen atoms in total. The van der Waals surface area contributed by atoms with Gasteiger partial charge in [0.25, 0.3) is 0 Å². The van der Waals surface area contributed by atoms with E-state index in [1.165, 1.54) is 12.1 Å². The molecule has 4 heteroatoms. The second-order valence-electron chi connectivity index (χ2n) is 3.89. The second kappa shape index (κ2) is 5.38. The summed E-state index contributed by atoms with van der Waals surface area (Å²) in [6.45, 7) is 1.64. The number of benzene rings is 2. The number of hydrogen-bond acceptors (Lipinski definition) is 2. The Balaban J connectivity index is 2.31. The van der Waals surface area contributed by atoms with E-state index in [9.17, 15) is 9.50 Å². The molecule has 0 aromatic heterocycles. The van der Waals surface area contributed by atoms with Crippen molar-refractivity contribution in [1.82, 2.24) is 0 Å². The van der Waals surface area contributed by atoms with Gasteiger partial charge in [-0.15, -0.1) is 0 Å². The van der Waals surface area contributed by atoms with E-state index in [-0.39, 0.29) is 5.02 Å². The summed E-state index contributed by atoms with van der Waals surface area (Å²) in [5.41, 5.74) is 0.646. The van der Waals surface area contributed by atoms with E-state index in [1.54, 1.807) is 37.3 Å². The lowest BCUT2D eigenvalue weighted by Gasteiger charge is -2.13. The highest BCUT2D eigenvalue weighted by Gasteiger charge is 2.10. The lowest BCUT2D eigenvalue weighted by molar-refractivity contribution is 0.195. The maximum absolute atomic E-state index is 13.3. The predicted octanol–water partition coefficient (Wildman–Crippen LogP) is 4.32. The highest BCUT2D eigenvalue weighted by molar-refractivity contribution is 6.30. The first-order valence-electron chi connectivity index (χ1n) is 5.48. The van der Waals surface area contributed by atoms with Crippen LogP contribution in [-0.2, 0) is 0 Å². The van der Waals surface area contributed by atoms with Crippen LogP contribution >= 0.6 is 11.6 Å². The Bertz CT molecular complexity index is 555. The molecule has 0 fully saturated rings. The Labute approximate surface area is 110 Å². The Hall–Kier alpha value is -1.58. The van der Waals surface area contributed by atoms with Crippen molar-refractivity contribution in [3.63, 3.8) is 0 Å². The fourth-order valence-corrected chi connectivity index (χ4v) is 1.70. The van der Waals surface area contributed by atoms with Gasteiger partial charge < -0.3 is 9.84 Å². The van der Waals surface area contributed by atoms with E-state index >= 15 is 0 Å². The zero-order chi connectivity index (χ0) is 13.1. The van der Waals surface area contributed by atoms with E-state index in [0.29, 0.717) is 17.1 Å². The van der Waals surface area contributed by atoms with E-state index in [1.807, 2.05) is 0 Å². The van der Waals surface area contributed by atoms with E-state index < -0.39 is 11.9 Å². The maximum atomic E-state index is 13.3. The molecule has 1 N–H and O–H groups in total. The maximum Gasteiger partial charge on any atom is 0.145 e. The molecule has 0 aliphatic carbocycles. The number of aliphatic hydroxyl groups excluding tert-OH is 1. The summed E-state index contributed by atoms with van der Waals surface area (Å²) < 4.78 is 18.8. The number of aliphatic hydroxyl groups is 1. The molecule has 0 spiro atoms. The molecule has 0 radical (unpaired) electrons. The Kier molecular flexibility index (Phi) is 3.84. The van der Waals surface area contributed by atoms with E-state index in [4.69, 9.17) is 16.3 Å². The van der Waals surface area contributed by atoms with Gasteiger partial charge in [0.05, 0.1) is 11.1 Å². The Morgan fingerprint density at radius 2 is 1.94 bits per heavy atom. The summed E-state index contributed by atoms with van der Waals surface area (Å²) in [5.74, 6) is 0.294. The average molecular weight is 267 g/mol. The highest BCUT2D eigenvalue weighted by atomic mass is 35.5. The van der Waals surface area contributed by atoms with Crippen LogP contribution in [-0.4, -0.2) is 5.11 Å². The van der Waals surface area contributed by atoms with Gasteiger partial charge in [-0.3, -0.25) is 0 Å². The predicted molar refractivity (Wildman–Crippen MR) is 68.6 cm³/mol. The van der Waals surface area contributed by atoms with Crippen molar-refractivity contribution in [2.24, 2.45) is 0 Å². The molecule has 0 amide bonds. The smallest absolute Gasteiger partial charge is 0.145 e. The molecule has 94 valence electrons. The molecular formula is C14H12ClFO2. The fourth-order valence-electron chi connectivity index (χ4n) is 1.59. The number of ether oxygens (including phenoxy) is 1. The van der Waals surface area contributed by atoms with Crippen LogP contribution < -0.4 is 4.74 Å². The molecule has 18 heavy (non-hydrogen) atoms. The molecule has 0 aliphatic heterocycles. The molecule has 2 aromatic rings. The molecule has 0 bridgehead atoms. The summed E-state index contributed by atoms with van der Waals surface area (Å²) in [7, 11) is 0. The van der Waals surface area contributed by atoms with Gasteiger partial charge in [0.15, 0.2) is 0 Å². The van der Waals surface area contributed by atoms with Crippen LogP contribution in [0.3, 0.4) is 0 Å². The van der Waals surface area contributed by atoms with Crippen LogP contribution in [0.1, 0.15) is 18.6 Å². The van der Waals surface area contributed by atoms with Gasteiger partial charge in [-0.05, 0) is 25.1 Å². The van der Waals surface area contributed by atoms with Crippen molar-refractivity contribution in [2.75, 3.05) is 0 Å². The highest BCUT2D eigenvalue weighted by Crippen LogP contribution is 2.30. The lowest BCUT2D eigenvalue weighted by atomic mass is 10.1. The third kappa shape index (κ3) is 2.81. The molecule has 0 saturated carbocycles. The van der Waals surface area contributed by atoms with Crippen molar-refractivity contribution in [2.45, 2.75) is 13.0 Å². The second-order valence-corrected chi connectivity index (χ2v) is 4.30. The normalized spacial score (nSPS) is 12.2. The minimum atomic E-state index is -0.654. The van der Waals surface area contributed by atoms with Crippen LogP contribution in [0.25, 0.3) is 0 Å². The zero-order valence-corrected chi connectivity index (χ0v) is 10.5. The molecule has 1 atom stereocenters. The zero-order valence-electron chi connectivity index (χ0n) is 9.73. The number of rotatable bonds is 3. The standard InChI is InChI=1S/C14H12ClFO2/c1-9(17)11-4-2-3-5-14(11)18-10-6-7-12(15)13(16)8-10/h2-9,17H,1H3. The quantitative estimate of drug-likeness (QED) is 0.896. The van der Waals surface area contributed by atoms with Crippen molar-refractivity contribution < 1.29 is 14.2 Å².